The Morgan fingerprint density at radius 1 is 1.24 bits per heavy atom. The highest BCUT2D eigenvalue weighted by atomic mass is 19.1. The second kappa shape index (κ2) is 8.77. The van der Waals surface area contributed by atoms with Crippen molar-refractivity contribution in [3.05, 3.63) is 52.9 Å². The molecule has 3 rings (SSSR count). The molecule has 132 valence electrons. The Morgan fingerprint density at radius 3 is 2.56 bits per heavy atom. The van der Waals surface area contributed by atoms with Crippen LogP contribution in [-0.2, 0) is 16.0 Å². The maximum Gasteiger partial charge on any atom is 0.328 e. The van der Waals surface area contributed by atoms with Crippen LogP contribution in [0.15, 0.2) is 40.9 Å². The number of nitrogens with one attached hydrogen (secondary N) is 1. The van der Waals surface area contributed by atoms with Gasteiger partial charge < -0.3 is 15.5 Å². The first kappa shape index (κ1) is 18.4. The summed E-state index contributed by atoms with van der Waals surface area (Å²) in [5.41, 5.74) is 3.68. The van der Waals surface area contributed by atoms with Gasteiger partial charge in [-0.3, -0.25) is 4.99 Å². The highest BCUT2D eigenvalue weighted by molar-refractivity contribution is 5.89. The molecular weight excluding hydrogens is 327 g/mol. The fourth-order valence-corrected chi connectivity index (χ4v) is 2.65. The Kier molecular flexibility index (Phi) is 6.45. The minimum absolute atomic E-state index is 0.151. The Hall–Kier alpha value is -2.96. The first-order valence-electron chi connectivity index (χ1n) is 7.81. The van der Waals surface area contributed by atoms with Crippen LogP contribution in [-0.4, -0.2) is 41.1 Å². The number of aliphatic imine (C=N–C) groups is 1. The van der Waals surface area contributed by atoms with Crippen LogP contribution < -0.4 is 5.32 Å². The van der Waals surface area contributed by atoms with E-state index >= 15 is 0 Å². The molecule has 1 aromatic rings. The van der Waals surface area contributed by atoms with Gasteiger partial charge in [0, 0.05) is 18.7 Å². The summed E-state index contributed by atoms with van der Waals surface area (Å²) in [5.74, 6) is -2.67. The summed E-state index contributed by atoms with van der Waals surface area (Å²) in [7, 11) is 0. The summed E-state index contributed by atoms with van der Waals surface area (Å²) in [4.78, 5) is 23.5. The quantitative estimate of drug-likeness (QED) is 0.726. The molecule has 1 atom stereocenters. The molecule has 0 fully saturated rings. The van der Waals surface area contributed by atoms with Gasteiger partial charge in [-0.1, -0.05) is 17.7 Å². The zero-order valence-corrected chi connectivity index (χ0v) is 13.5. The molecule has 1 unspecified atom stereocenters. The van der Waals surface area contributed by atoms with E-state index in [1.54, 1.807) is 18.5 Å². The molecule has 6 nitrogen and oxygen atoms in total. The molecule has 0 aromatic heterocycles. The average Bonchev–Trinajstić information content (AvgIpc) is 3.06. The van der Waals surface area contributed by atoms with E-state index in [2.05, 4.69) is 16.4 Å². The number of aliphatic carboxylic acids is 2. The zero-order chi connectivity index (χ0) is 18.2. The molecular formula is C18H19FN2O4. The number of carbonyl (C=O) groups is 2. The Balaban J connectivity index is 0.000000242. The van der Waals surface area contributed by atoms with Crippen LogP contribution in [0, 0.1) is 5.82 Å². The van der Waals surface area contributed by atoms with Crippen molar-refractivity contribution < 1.29 is 24.2 Å². The van der Waals surface area contributed by atoms with Gasteiger partial charge in [0.2, 0.25) is 0 Å². The van der Waals surface area contributed by atoms with Gasteiger partial charge in [0.1, 0.15) is 5.82 Å². The van der Waals surface area contributed by atoms with Crippen LogP contribution >= 0.6 is 0 Å². The fourth-order valence-electron chi connectivity index (χ4n) is 2.65. The monoisotopic (exact) mass is 346 g/mol. The Bertz CT molecular complexity index is 725. The lowest BCUT2D eigenvalue weighted by molar-refractivity contribution is -0.134. The summed E-state index contributed by atoms with van der Waals surface area (Å²) in [5, 5.41) is 18.7. The lowest BCUT2D eigenvalue weighted by Gasteiger charge is -2.18. The minimum Gasteiger partial charge on any atom is -0.478 e. The molecule has 0 spiro atoms. The van der Waals surface area contributed by atoms with Crippen molar-refractivity contribution in [2.45, 2.75) is 25.3 Å². The van der Waals surface area contributed by atoms with Gasteiger partial charge in [-0.2, -0.15) is 0 Å². The number of hydrogen-bond acceptors (Lipinski definition) is 4. The van der Waals surface area contributed by atoms with Gasteiger partial charge in [0.25, 0.3) is 0 Å². The SMILES string of the molecule is Fc1ccc2c(c1)C=C(CC1CNC=N1)CC2.O=C(O)/C=C/C(=O)O. The van der Waals surface area contributed by atoms with E-state index in [1.165, 1.54) is 11.1 Å². The van der Waals surface area contributed by atoms with Crippen LogP contribution in [0.5, 0.6) is 0 Å². The molecule has 0 bridgehead atoms. The molecule has 1 aromatic carbocycles. The highest BCUT2D eigenvalue weighted by Crippen LogP contribution is 2.27. The van der Waals surface area contributed by atoms with Gasteiger partial charge in [0.15, 0.2) is 0 Å². The number of rotatable bonds is 4. The van der Waals surface area contributed by atoms with Crippen molar-refractivity contribution in [2.75, 3.05) is 6.54 Å². The molecule has 25 heavy (non-hydrogen) atoms. The number of benzene rings is 1. The van der Waals surface area contributed by atoms with Crippen LogP contribution in [0.1, 0.15) is 24.0 Å². The summed E-state index contributed by atoms with van der Waals surface area (Å²) < 4.78 is 13.2. The zero-order valence-electron chi connectivity index (χ0n) is 13.5. The normalized spacial score (nSPS) is 18.0. The maximum atomic E-state index is 13.2. The van der Waals surface area contributed by atoms with E-state index in [1.807, 2.05) is 6.07 Å². The predicted molar refractivity (Wildman–Crippen MR) is 92.0 cm³/mol. The summed E-state index contributed by atoms with van der Waals surface area (Å²) in [6, 6.07) is 5.43. The van der Waals surface area contributed by atoms with Gasteiger partial charge in [-0.15, -0.1) is 0 Å². The summed E-state index contributed by atoms with van der Waals surface area (Å²) >= 11 is 0. The second-order valence-corrected chi connectivity index (χ2v) is 5.70. The van der Waals surface area contributed by atoms with Crippen LogP contribution in [0.3, 0.4) is 0 Å². The van der Waals surface area contributed by atoms with E-state index in [9.17, 15) is 14.0 Å². The topological polar surface area (TPSA) is 99.0 Å². The van der Waals surface area contributed by atoms with Crippen LogP contribution in [0.25, 0.3) is 6.08 Å². The molecule has 7 heteroatoms. The van der Waals surface area contributed by atoms with Gasteiger partial charge in [0.05, 0.1) is 12.4 Å². The maximum absolute atomic E-state index is 13.2. The Labute approximate surface area is 144 Å². The molecule has 1 aliphatic carbocycles. The molecule has 3 N–H and O–H groups in total. The molecule has 2 aliphatic rings. The predicted octanol–water partition coefficient (Wildman–Crippen LogP) is 2.26. The average molecular weight is 346 g/mol. The second-order valence-electron chi connectivity index (χ2n) is 5.70. The van der Waals surface area contributed by atoms with Crippen molar-refractivity contribution in [3.63, 3.8) is 0 Å². The van der Waals surface area contributed by atoms with Crippen molar-refractivity contribution in [1.29, 1.82) is 0 Å². The first-order chi connectivity index (χ1) is 11.9. The number of carboxylic acid groups (broad SMARTS) is 2. The molecule has 0 radical (unpaired) electrons. The number of hydrogen-bond donors (Lipinski definition) is 3. The smallest absolute Gasteiger partial charge is 0.328 e. The Morgan fingerprint density at radius 2 is 1.96 bits per heavy atom. The third-order valence-electron chi connectivity index (χ3n) is 3.78. The lowest BCUT2D eigenvalue weighted by atomic mass is 9.89. The molecule has 0 saturated heterocycles. The van der Waals surface area contributed by atoms with Crippen LogP contribution in [0.4, 0.5) is 4.39 Å². The first-order valence-corrected chi connectivity index (χ1v) is 7.81. The van der Waals surface area contributed by atoms with E-state index in [0.717, 1.165) is 31.4 Å². The molecule has 1 heterocycles. The van der Waals surface area contributed by atoms with E-state index < -0.39 is 11.9 Å². The van der Waals surface area contributed by atoms with Crippen molar-refractivity contribution in [2.24, 2.45) is 4.99 Å². The minimum atomic E-state index is -1.26. The number of halogens is 1. The van der Waals surface area contributed by atoms with Crippen molar-refractivity contribution in [3.8, 4) is 0 Å². The number of fused-ring (bicyclic) bond motifs is 1. The van der Waals surface area contributed by atoms with E-state index in [-0.39, 0.29) is 5.82 Å². The van der Waals surface area contributed by atoms with Gasteiger partial charge in [-0.05, 0) is 42.5 Å². The molecule has 1 aliphatic heterocycles. The summed E-state index contributed by atoms with van der Waals surface area (Å²) in [6.07, 6.45) is 8.11. The summed E-state index contributed by atoms with van der Waals surface area (Å²) in [6.45, 7) is 0.924. The van der Waals surface area contributed by atoms with Gasteiger partial charge >= 0.3 is 11.9 Å². The number of carboxylic acids is 2. The molecule has 0 amide bonds. The standard InChI is InChI=1S/C14H15FN2.C4H4O4/c15-13-4-3-11-2-1-10(5-12(11)7-13)6-14-8-16-9-17-14;5-3(6)1-2-4(7)8/h3-5,7,9,14H,1-2,6,8H2,(H,16,17);1-2H,(H,5,6)(H,7,8)/b;2-1+. The highest BCUT2D eigenvalue weighted by Gasteiger charge is 2.16. The largest absolute Gasteiger partial charge is 0.478 e. The lowest BCUT2D eigenvalue weighted by Crippen LogP contribution is -2.16. The molecule has 0 saturated carbocycles. The number of aryl methyl sites for hydroxylation is 1. The van der Waals surface area contributed by atoms with Crippen molar-refractivity contribution in [1.82, 2.24) is 5.32 Å². The van der Waals surface area contributed by atoms with E-state index in [0.29, 0.717) is 18.2 Å². The van der Waals surface area contributed by atoms with Crippen LogP contribution in [0.2, 0.25) is 0 Å². The number of nitrogens with zero attached hydrogens (tertiary/aromatic N) is 1. The third kappa shape index (κ3) is 6.21. The third-order valence-corrected chi connectivity index (χ3v) is 3.78. The van der Waals surface area contributed by atoms with Crippen molar-refractivity contribution >= 4 is 24.4 Å². The fraction of sp³-hybridized carbons (Fsp3) is 0.278. The van der Waals surface area contributed by atoms with Gasteiger partial charge in [-0.25, -0.2) is 14.0 Å². The van der Waals surface area contributed by atoms with E-state index in [4.69, 9.17) is 10.2 Å².